The van der Waals surface area contributed by atoms with Gasteiger partial charge in [0.15, 0.2) is 0 Å². The third-order valence-electron chi connectivity index (χ3n) is 1.93. The predicted molar refractivity (Wildman–Crippen MR) is 68.4 cm³/mol. The van der Waals surface area contributed by atoms with E-state index in [-0.39, 0.29) is 5.56 Å². The molecule has 0 aliphatic carbocycles. The molecule has 0 aromatic heterocycles. The zero-order valence-corrected chi connectivity index (χ0v) is 11.4. The van der Waals surface area contributed by atoms with E-state index in [1.54, 1.807) is 0 Å². The number of rotatable bonds is 6. The Hall–Kier alpha value is -0.650. The highest BCUT2D eigenvalue weighted by atomic mass is 79.9. The van der Waals surface area contributed by atoms with Gasteiger partial charge in [0.1, 0.15) is 5.82 Å². The van der Waals surface area contributed by atoms with Gasteiger partial charge in [-0.3, -0.25) is 4.79 Å². The van der Waals surface area contributed by atoms with Crippen LogP contribution < -0.4 is 5.32 Å². The lowest BCUT2D eigenvalue weighted by molar-refractivity contribution is 0.0920. The number of amides is 1. The lowest BCUT2D eigenvalue weighted by Crippen LogP contribution is -2.28. The zero-order chi connectivity index (χ0) is 12.7. The number of hydrogen-bond donors (Lipinski definition) is 1. The summed E-state index contributed by atoms with van der Waals surface area (Å²) in [7, 11) is 0. The fourth-order valence-electron chi connectivity index (χ4n) is 1.16. The Labute approximate surface area is 112 Å². The minimum absolute atomic E-state index is 0.0574. The molecule has 1 N–H and O–H groups in total. The number of nitrogens with one attached hydrogen (secondary N) is 1. The van der Waals surface area contributed by atoms with Crippen LogP contribution in [0.4, 0.5) is 4.39 Å². The Morgan fingerprint density at radius 1 is 1.47 bits per heavy atom. The third kappa shape index (κ3) is 5.02. The molecule has 0 radical (unpaired) electrons. The van der Waals surface area contributed by atoms with Gasteiger partial charge >= 0.3 is 0 Å². The molecule has 1 amide bonds. The van der Waals surface area contributed by atoms with E-state index in [9.17, 15) is 9.18 Å². The van der Waals surface area contributed by atoms with Gasteiger partial charge in [-0.05, 0) is 18.2 Å². The van der Waals surface area contributed by atoms with Crippen molar-refractivity contribution in [3.8, 4) is 0 Å². The Bertz CT molecular complexity index is 390. The molecule has 1 aromatic carbocycles. The summed E-state index contributed by atoms with van der Waals surface area (Å²) in [5.74, 6) is -1.08. The molecule has 0 unspecified atom stereocenters. The van der Waals surface area contributed by atoms with Crippen LogP contribution >= 0.6 is 27.5 Å². The number of carbonyl (C=O) groups excluding carboxylic acids is 1. The van der Waals surface area contributed by atoms with Crippen molar-refractivity contribution >= 4 is 33.4 Å². The number of alkyl halides is 1. The molecule has 0 aliphatic heterocycles. The number of ether oxygens (including phenoxy) is 1. The fraction of sp³-hybridized carbons (Fsp3) is 0.364. The summed E-state index contributed by atoms with van der Waals surface area (Å²) in [4.78, 5) is 11.6. The highest BCUT2D eigenvalue weighted by molar-refractivity contribution is 9.09. The topological polar surface area (TPSA) is 38.3 Å². The van der Waals surface area contributed by atoms with Gasteiger partial charge in [0, 0.05) is 16.9 Å². The summed E-state index contributed by atoms with van der Waals surface area (Å²) in [6.07, 6.45) is 0. The molecule has 1 rings (SSSR count). The third-order valence-corrected chi connectivity index (χ3v) is 2.49. The Morgan fingerprint density at radius 2 is 2.24 bits per heavy atom. The maximum atomic E-state index is 13.3. The SMILES string of the molecule is O=C(NCCOCCBr)c1cc(Cl)ccc1F. The van der Waals surface area contributed by atoms with Crippen molar-refractivity contribution in [3.05, 3.63) is 34.6 Å². The van der Waals surface area contributed by atoms with Gasteiger partial charge in [0.25, 0.3) is 5.91 Å². The van der Waals surface area contributed by atoms with Gasteiger partial charge in [-0.25, -0.2) is 4.39 Å². The van der Waals surface area contributed by atoms with E-state index in [1.807, 2.05) is 0 Å². The van der Waals surface area contributed by atoms with Gasteiger partial charge in [0.05, 0.1) is 18.8 Å². The quantitative estimate of drug-likeness (QED) is 0.645. The maximum absolute atomic E-state index is 13.3. The second-order valence-electron chi connectivity index (χ2n) is 3.18. The summed E-state index contributed by atoms with van der Waals surface area (Å²) in [6.45, 7) is 1.29. The van der Waals surface area contributed by atoms with Gasteiger partial charge in [-0.2, -0.15) is 0 Å². The zero-order valence-electron chi connectivity index (χ0n) is 9.01. The van der Waals surface area contributed by atoms with Crippen molar-refractivity contribution in [1.82, 2.24) is 5.32 Å². The van der Waals surface area contributed by atoms with Gasteiger partial charge in [-0.15, -0.1) is 0 Å². The van der Waals surface area contributed by atoms with E-state index in [0.29, 0.717) is 24.8 Å². The van der Waals surface area contributed by atoms with E-state index in [0.717, 1.165) is 5.33 Å². The molecule has 0 spiro atoms. The van der Waals surface area contributed by atoms with Gasteiger partial charge in [0.2, 0.25) is 0 Å². The van der Waals surface area contributed by atoms with Crippen LogP contribution in [-0.2, 0) is 4.74 Å². The standard InChI is InChI=1S/C11H12BrClFNO2/c12-3-5-17-6-4-15-11(16)9-7-8(13)1-2-10(9)14/h1-2,7H,3-6H2,(H,15,16). The Balaban J connectivity index is 2.44. The van der Waals surface area contributed by atoms with Crippen LogP contribution in [0.5, 0.6) is 0 Å². The molecule has 3 nitrogen and oxygen atoms in total. The van der Waals surface area contributed by atoms with Crippen LogP contribution in [0.2, 0.25) is 5.02 Å². The van der Waals surface area contributed by atoms with Crippen LogP contribution in [0, 0.1) is 5.82 Å². The second kappa shape index (κ2) is 7.63. The van der Waals surface area contributed by atoms with E-state index in [1.165, 1.54) is 18.2 Å². The molecule has 0 aliphatic rings. The number of benzene rings is 1. The maximum Gasteiger partial charge on any atom is 0.254 e. The largest absolute Gasteiger partial charge is 0.379 e. The first-order chi connectivity index (χ1) is 8.15. The molecule has 6 heteroatoms. The van der Waals surface area contributed by atoms with E-state index in [2.05, 4.69) is 21.2 Å². The monoisotopic (exact) mass is 323 g/mol. The van der Waals surface area contributed by atoms with Crippen LogP contribution in [0.1, 0.15) is 10.4 Å². The van der Waals surface area contributed by atoms with Crippen LogP contribution in [0.15, 0.2) is 18.2 Å². The number of halogens is 3. The Kier molecular flexibility index (Phi) is 6.47. The molecule has 0 saturated heterocycles. The number of hydrogen-bond acceptors (Lipinski definition) is 2. The highest BCUT2D eigenvalue weighted by Crippen LogP contribution is 2.14. The minimum atomic E-state index is -0.590. The number of carbonyl (C=O) groups is 1. The molecule has 0 fully saturated rings. The summed E-state index contributed by atoms with van der Waals surface area (Å²) < 4.78 is 18.4. The molecule has 0 atom stereocenters. The van der Waals surface area contributed by atoms with E-state index < -0.39 is 11.7 Å². The second-order valence-corrected chi connectivity index (χ2v) is 4.41. The van der Waals surface area contributed by atoms with Crippen molar-refractivity contribution in [2.75, 3.05) is 25.1 Å². The molecule has 94 valence electrons. The molecule has 0 heterocycles. The average Bonchev–Trinajstić information content (AvgIpc) is 2.32. The van der Waals surface area contributed by atoms with Crippen molar-refractivity contribution in [2.24, 2.45) is 0 Å². The van der Waals surface area contributed by atoms with Crippen LogP contribution in [0.3, 0.4) is 0 Å². The molecular formula is C11H12BrClFNO2. The summed E-state index contributed by atoms with van der Waals surface area (Å²) >= 11 is 8.89. The van der Waals surface area contributed by atoms with Crippen molar-refractivity contribution in [1.29, 1.82) is 0 Å². The summed E-state index contributed by atoms with van der Waals surface area (Å²) in [6, 6.07) is 3.86. The predicted octanol–water partition coefficient (Wildman–Crippen LogP) is 2.62. The normalized spacial score (nSPS) is 10.3. The molecule has 1 aromatic rings. The smallest absolute Gasteiger partial charge is 0.254 e. The Morgan fingerprint density at radius 3 is 2.94 bits per heavy atom. The lowest BCUT2D eigenvalue weighted by atomic mass is 10.2. The van der Waals surface area contributed by atoms with Crippen LogP contribution in [0.25, 0.3) is 0 Å². The molecular weight excluding hydrogens is 312 g/mol. The first-order valence-electron chi connectivity index (χ1n) is 5.02. The first kappa shape index (κ1) is 14.4. The molecule has 0 bridgehead atoms. The first-order valence-corrected chi connectivity index (χ1v) is 6.52. The summed E-state index contributed by atoms with van der Waals surface area (Å²) in [5.41, 5.74) is -0.0574. The van der Waals surface area contributed by atoms with E-state index in [4.69, 9.17) is 16.3 Å². The minimum Gasteiger partial charge on any atom is -0.379 e. The van der Waals surface area contributed by atoms with Crippen LogP contribution in [-0.4, -0.2) is 31.0 Å². The van der Waals surface area contributed by atoms with Crippen molar-refractivity contribution in [3.63, 3.8) is 0 Å². The molecule has 17 heavy (non-hydrogen) atoms. The van der Waals surface area contributed by atoms with Crippen molar-refractivity contribution < 1.29 is 13.9 Å². The van der Waals surface area contributed by atoms with Gasteiger partial charge in [-0.1, -0.05) is 27.5 Å². The fourth-order valence-corrected chi connectivity index (χ4v) is 1.56. The molecule has 0 saturated carbocycles. The lowest BCUT2D eigenvalue weighted by Gasteiger charge is -2.06. The highest BCUT2D eigenvalue weighted by Gasteiger charge is 2.11. The summed E-state index contributed by atoms with van der Waals surface area (Å²) in [5, 5.41) is 3.61. The average molecular weight is 325 g/mol. The van der Waals surface area contributed by atoms with Crippen molar-refractivity contribution in [2.45, 2.75) is 0 Å². The van der Waals surface area contributed by atoms with E-state index >= 15 is 0 Å². The van der Waals surface area contributed by atoms with Gasteiger partial charge < -0.3 is 10.1 Å².